The summed E-state index contributed by atoms with van der Waals surface area (Å²) in [5.74, 6) is 0.944. The second kappa shape index (κ2) is 6.77. The van der Waals surface area contributed by atoms with E-state index in [1.807, 2.05) is 19.9 Å². The van der Waals surface area contributed by atoms with E-state index in [1.54, 1.807) is 13.0 Å². The van der Waals surface area contributed by atoms with Crippen LogP contribution in [0.2, 0.25) is 0 Å². The number of aryl methyl sites for hydroxylation is 1. The summed E-state index contributed by atoms with van der Waals surface area (Å²) in [4.78, 5) is 12.2. The number of fused-ring (bicyclic) bond motifs is 1. The van der Waals surface area contributed by atoms with Crippen LogP contribution >= 0.6 is 0 Å². The molecule has 0 fully saturated rings. The van der Waals surface area contributed by atoms with Gasteiger partial charge in [-0.1, -0.05) is 32.9 Å². The molecule has 1 aliphatic rings. The topological polar surface area (TPSA) is 46.5 Å². The quantitative estimate of drug-likeness (QED) is 0.642. The van der Waals surface area contributed by atoms with Gasteiger partial charge < -0.3 is 9.84 Å². The Hall–Kier alpha value is -1.77. The number of hydrogen-bond donors (Lipinski definition) is 1. The predicted octanol–water partition coefficient (Wildman–Crippen LogP) is 4.83. The smallest absolute Gasteiger partial charge is 0.333 e. The molecule has 0 saturated carbocycles. The molecule has 0 unspecified atom stereocenters. The Labute approximate surface area is 139 Å². The van der Waals surface area contributed by atoms with E-state index in [4.69, 9.17) is 4.74 Å². The van der Waals surface area contributed by atoms with Gasteiger partial charge in [-0.25, -0.2) is 4.79 Å². The van der Waals surface area contributed by atoms with Gasteiger partial charge in [-0.2, -0.15) is 0 Å². The van der Waals surface area contributed by atoms with Crippen molar-refractivity contribution in [1.82, 2.24) is 0 Å². The van der Waals surface area contributed by atoms with Crippen LogP contribution in [0.1, 0.15) is 69.6 Å². The molecule has 3 atom stereocenters. The third-order valence-corrected chi connectivity index (χ3v) is 5.15. The summed E-state index contributed by atoms with van der Waals surface area (Å²) in [6.45, 7) is 12.0. The summed E-state index contributed by atoms with van der Waals surface area (Å²) in [5, 5.41) is 10.1. The van der Waals surface area contributed by atoms with E-state index >= 15 is 0 Å². The lowest BCUT2D eigenvalue weighted by Gasteiger charge is -2.38. The van der Waals surface area contributed by atoms with Crippen molar-refractivity contribution in [2.75, 3.05) is 0 Å². The SMILES string of the molecule is C/C=C(/C)C(=O)O[C@H]1C[C@H](C(C)C)c2cc(C)c(O)cc2[C@H]1C. The van der Waals surface area contributed by atoms with E-state index in [1.165, 1.54) is 5.56 Å². The van der Waals surface area contributed by atoms with Crippen molar-refractivity contribution < 1.29 is 14.6 Å². The van der Waals surface area contributed by atoms with E-state index in [0.717, 1.165) is 17.5 Å². The number of rotatable bonds is 3. The molecule has 0 aliphatic heterocycles. The molecule has 1 N–H and O–H groups in total. The predicted molar refractivity (Wildman–Crippen MR) is 92.8 cm³/mol. The molecule has 1 aromatic rings. The fourth-order valence-electron chi connectivity index (χ4n) is 3.36. The minimum absolute atomic E-state index is 0.0834. The molecule has 0 amide bonds. The third kappa shape index (κ3) is 3.44. The standard InChI is InChI=1S/C20H28O3/c1-7-12(4)20(22)23-19-10-15(11(2)3)17-8-13(5)18(21)9-16(17)14(19)6/h7-9,11,14-15,19,21H,10H2,1-6H3/b12-7-/t14-,15-,19+/m1/s1. The molecular formula is C20H28O3. The highest BCUT2D eigenvalue weighted by atomic mass is 16.5. The molecule has 1 aliphatic carbocycles. The van der Waals surface area contributed by atoms with Crippen molar-refractivity contribution in [2.45, 2.75) is 65.9 Å². The molecule has 3 nitrogen and oxygen atoms in total. The van der Waals surface area contributed by atoms with Crippen molar-refractivity contribution in [2.24, 2.45) is 5.92 Å². The van der Waals surface area contributed by atoms with Gasteiger partial charge >= 0.3 is 5.97 Å². The molecule has 0 saturated heterocycles. The number of phenols is 1. The molecule has 0 spiro atoms. The van der Waals surface area contributed by atoms with E-state index in [2.05, 4.69) is 26.8 Å². The number of carbonyl (C=O) groups excluding carboxylic acids is 1. The number of phenolic OH excluding ortho intramolecular Hbond substituents is 1. The lowest BCUT2D eigenvalue weighted by Crippen LogP contribution is -2.33. The molecule has 23 heavy (non-hydrogen) atoms. The third-order valence-electron chi connectivity index (χ3n) is 5.15. The Morgan fingerprint density at radius 2 is 2.00 bits per heavy atom. The first kappa shape index (κ1) is 17.6. The molecule has 0 aromatic heterocycles. The maximum Gasteiger partial charge on any atom is 0.333 e. The normalized spacial score (nSPS) is 24.5. The average Bonchev–Trinajstić information content (AvgIpc) is 2.50. The Balaban J connectivity index is 2.39. The second-order valence-electron chi connectivity index (χ2n) is 7.06. The highest BCUT2D eigenvalue weighted by molar-refractivity contribution is 5.87. The fraction of sp³-hybridized carbons (Fsp3) is 0.550. The monoisotopic (exact) mass is 316 g/mol. The van der Waals surface area contributed by atoms with Crippen LogP contribution in [0.15, 0.2) is 23.8 Å². The molecule has 0 radical (unpaired) electrons. The van der Waals surface area contributed by atoms with Gasteiger partial charge in [-0.05, 0) is 61.8 Å². The van der Waals surface area contributed by atoms with Gasteiger partial charge in [-0.15, -0.1) is 0 Å². The van der Waals surface area contributed by atoms with Crippen molar-refractivity contribution in [3.63, 3.8) is 0 Å². The van der Waals surface area contributed by atoms with Gasteiger partial charge in [-0.3, -0.25) is 0 Å². The fourth-order valence-corrected chi connectivity index (χ4v) is 3.36. The number of aromatic hydroxyl groups is 1. The van der Waals surface area contributed by atoms with Crippen LogP contribution in [0.3, 0.4) is 0 Å². The summed E-state index contributed by atoms with van der Waals surface area (Å²) in [5.41, 5.74) is 3.93. The zero-order chi connectivity index (χ0) is 17.3. The van der Waals surface area contributed by atoms with Crippen LogP contribution in [0, 0.1) is 12.8 Å². The van der Waals surface area contributed by atoms with Gasteiger partial charge in [0.2, 0.25) is 0 Å². The Morgan fingerprint density at radius 1 is 1.35 bits per heavy atom. The Bertz CT molecular complexity index is 628. The zero-order valence-electron chi connectivity index (χ0n) is 15.0. The van der Waals surface area contributed by atoms with E-state index in [0.29, 0.717) is 23.2 Å². The summed E-state index contributed by atoms with van der Waals surface area (Å²) in [6.07, 6.45) is 2.46. The van der Waals surface area contributed by atoms with Crippen LogP contribution in [0.5, 0.6) is 5.75 Å². The lowest BCUT2D eigenvalue weighted by molar-refractivity contribution is -0.146. The van der Waals surface area contributed by atoms with Crippen molar-refractivity contribution >= 4 is 5.97 Å². The Kier molecular flexibility index (Phi) is 5.18. The second-order valence-corrected chi connectivity index (χ2v) is 7.06. The van der Waals surface area contributed by atoms with Gasteiger partial charge in [0.05, 0.1) is 0 Å². The summed E-state index contributed by atoms with van der Waals surface area (Å²) >= 11 is 0. The highest BCUT2D eigenvalue weighted by Crippen LogP contribution is 2.45. The van der Waals surface area contributed by atoms with Crippen molar-refractivity contribution in [1.29, 1.82) is 0 Å². The number of esters is 1. The van der Waals surface area contributed by atoms with E-state index in [-0.39, 0.29) is 18.0 Å². The van der Waals surface area contributed by atoms with Crippen LogP contribution in [0.25, 0.3) is 0 Å². The molecule has 0 heterocycles. The first-order valence-electron chi connectivity index (χ1n) is 8.43. The minimum Gasteiger partial charge on any atom is -0.508 e. The number of carbonyl (C=O) groups is 1. The van der Waals surface area contributed by atoms with Gasteiger partial charge in [0.25, 0.3) is 0 Å². The first-order valence-corrected chi connectivity index (χ1v) is 8.43. The average molecular weight is 316 g/mol. The molecule has 3 heteroatoms. The lowest BCUT2D eigenvalue weighted by atomic mass is 9.71. The number of benzene rings is 1. The number of ether oxygens (including phenoxy) is 1. The molecule has 2 rings (SSSR count). The van der Waals surface area contributed by atoms with Crippen molar-refractivity contribution in [3.05, 3.63) is 40.5 Å². The number of allylic oxidation sites excluding steroid dienone is 1. The van der Waals surface area contributed by atoms with Crippen LogP contribution < -0.4 is 0 Å². The maximum absolute atomic E-state index is 12.2. The minimum atomic E-state index is -0.244. The van der Waals surface area contributed by atoms with E-state index in [9.17, 15) is 9.90 Å². The zero-order valence-corrected chi connectivity index (χ0v) is 15.0. The van der Waals surface area contributed by atoms with Crippen LogP contribution in [0.4, 0.5) is 0 Å². The number of hydrogen-bond acceptors (Lipinski definition) is 3. The Morgan fingerprint density at radius 3 is 2.57 bits per heavy atom. The summed E-state index contributed by atoms with van der Waals surface area (Å²) in [6, 6.07) is 3.95. The molecule has 0 bridgehead atoms. The summed E-state index contributed by atoms with van der Waals surface area (Å²) < 4.78 is 5.77. The van der Waals surface area contributed by atoms with Crippen LogP contribution in [-0.2, 0) is 9.53 Å². The summed E-state index contributed by atoms with van der Waals surface area (Å²) in [7, 11) is 0. The molecule has 1 aromatic carbocycles. The highest BCUT2D eigenvalue weighted by Gasteiger charge is 2.36. The maximum atomic E-state index is 12.2. The van der Waals surface area contributed by atoms with E-state index < -0.39 is 0 Å². The molecule has 126 valence electrons. The van der Waals surface area contributed by atoms with Gasteiger partial charge in [0, 0.05) is 11.5 Å². The largest absolute Gasteiger partial charge is 0.508 e. The van der Waals surface area contributed by atoms with Gasteiger partial charge in [0.1, 0.15) is 11.9 Å². The molecular weight excluding hydrogens is 288 g/mol. The van der Waals surface area contributed by atoms with Crippen molar-refractivity contribution in [3.8, 4) is 5.75 Å². The first-order chi connectivity index (χ1) is 10.8. The van der Waals surface area contributed by atoms with Crippen LogP contribution in [-0.4, -0.2) is 17.2 Å². The van der Waals surface area contributed by atoms with Gasteiger partial charge in [0.15, 0.2) is 0 Å².